The summed E-state index contributed by atoms with van der Waals surface area (Å²) in [5, 5.41) is 0. The summed E-state index contributed by atoms with van der Waals surface area (Å²) in [5.74, 6) is 0. The van der Waals surface area contributed by atoms with Gasteiger partial charge in [0.2, 0.25) is 0 Å². The quantitative estimate of drug-likeness (QED) is 0.147. The molecule has 4 nitrogen and oxygen atoms in total. The monoisotopic (exact) mass is 1200 g/mol. The number of hydrogen-bond donors (Lipinski definition) is 0. The highest BCUT2D eigenvalue weighted by Gasteiger charge is 2.58. The van der Waals surface area contributed by atoms with Crippen molar-refractivity contribution in [3.63, 3.8) is 0 Å². The Bertz CT molecular complexity index is 4220. The van der Waals surface area contributed by atoms with Gasteiger partial charge in [-0.2, -0.15) is 0 Å². The zero-order valence-electron chi connectivity index (χ0n) is 58.6. The second kappa shape index (κ2) is 21.4. The van der Waals surface area contributed by atoms with Gasteiger partial charge in [0.15, 0.2) is 0 Å². The Morgan fingerprint density at radius 3 is 1.42 bits per heavy atom. The van der Waals surface area contributed by atoms with Crippen LogP contribution in [0.15, 0.2) is 188 Å². The zero-order valence-corrected chi connectivity index (χ0v) is 58.6. The SMILES string of the molecule is CC(C)(C)c1ccc(N(c2ccc(C(C)(C)C)cc2)c2ccc3c(c2)C2(C)CCCCC2(C)N3c2cc3c4c(c2)N(c2ccc(C(C)(C)C)cc2-c2ccccc2)c2ccc(C(C)(C)C)cc2B4c2ccc(C(C)(C)C)cc2N3c2cccc(C(C)(C)C)c2)cc1. The van der Waals surface area contributed by atoms with Crippen LogP contribution in [0.2, 0.25) is 0 Å². The highest BCUT2D eigenvalue weighted by molar-refractivity contribution is 7.00. The lowest BCUT2D eigenvalue weighted by Gasteiger charge is -2.51. The molecule has 1 saturated carbocycles. The van der Waals surface area contributed by atoms with Crippen LogP contribution < -0.4 is 36.0 Å². The van der Waals surface area contributed by atoms with E-state index in [9.17, 15) is 0 Å². The summed E-state index contributed by atoms with van der Waals surface area (Å²) in [6, 6.07) is 74.5. The standard InChI is InChI=1S/C86H99BN4/c1-79(2,3)57-31-38-63(39-32-57)88(64-40-33-58(34-41-64)80(4,5)6)66-42-46-73-69(53-66)85(19)47-24-25-48-86(85,20)91(73)67-54-76-78-77(55-67)90(72-44-36-60(82(10,11)12)50-68(72)56-27-22-21-23-28-56)74-45-37-61(83(13,14)15)51-71(74)87(78)70-43-35-62(84(16,17)18)52-75(70)89(76)65-30-26-29-59(49-65)81(7,8)9/h21-23,26-46,49-55H,24-25,47-48H2,1-20H3. The summed E-state index contributed by atoms with van der Waals surface area (Å²) in [7, 11) is 0. The molecular formula is C86H99BN4. The number of nitrogens with zero attached hydrogens (tertiary/aromatic N) is 4. The van der Waals surface area contributed by atoms with Crippen molar-refractivity contribution in [3.05, 3.63) is 227 Å². The lowest BCUT2D eigenvalue weighted by atomic mass is 9.33. The van der Waals surface area contributed by atoms with Crippen LogP contribution in [-0.4, -0.2) is 12.3 Å². The van der Waals surface area contributed by atoms with Crippen LogP contribution in [-0.2, 0) is 37.9 Å². The van der Waals surface area contributed by atoms with Crippen molar-refractivity contribution in [2.75, 3.05) is 19.6 Å². The van der Waals surface area contributed by atoms with E-state index in [1.807, 2.05) is 0 Å². The summed E-state index contributed by atoms with van der Waals surface area (Å²) in [6.07, 6.45) is 4.52. The van der Waals surface area contributed by atoms with Gasteiger partial charge in [-0.3, -0.25) is 0 Å². The fourth-order valence-electron chi connectivity index (χ4n) is 15.7. The molecule has 2 atom stereocenters. The molecule has 0 spiro atoms. The summed E-state index contributed by atoms with van der Waals surface area (Å²) in [5.41, 5.74) is 28.5. The van der Waals surface area contributed by atoms with Gasteiger partial charge in [0, 0.05) is 67.9 Å². The molecule has 9 aromatic carbocycles. The fraction of sp³-hybridized carbons (Fsp3) is 0.372. The van der Waals surface area contributed by atoms with Crippen LogP contribution in [0.5, 0.6) is 0 Å². The Morgan fingerprint density at radius 2 is 0.835 bits per heavy atom. The molecule has 0 amide bonds. The molecule has 3 heterocycles. The molecule has 0 radical (unpaired) electrons. The average Bonchev–Trinajstić information content (AvgIpc) is 1.66. The first-order valence-corrected chi connectivity index (χ1v) is 34.0. The van der Waals surface area contributed by atoms with E-state index >= 15 is 0 Å². The van der Waals surface area contributed by atoms with E-state index in [2.05, 4.69) is 346 Å². The lowest BCUT2D eigenvalue weighted by Crippen LogP contribution is -2.62. The zero-order chi connectivity index (χ0) is 64.9. The van der Waals surface area contributed by atoms with Gasteiger partial charge in [-0.05, 0) is 204 Å². The van der Waals surface area contributed by atoms with Gasteiger partial charge < -0.3 is 19.6 Å². The largest absolute Gasteiger partial charge is 0.334 e. The third-order valence-electron chi connectivity index (χ3n) is 21.5. The molecule has 0 N–H and O–H groups in total. The van der Waals surface area contributed by atoms with Gasteiger partial charge in [0.1, 0.15) is 0 Å². The lowest BCUT2D eigenvalue weighted by molar-refractivity contribution is 0.195. The van der Waals surface area contributed by atoms with Gasteiger partial charge >= 0.3 is 0 Å². The minimum absolute atomic E-state index is 0.0361. The van der Waals surface area contributed by atoms with Crippen LogP contribution in [0, 0.1) is 0 Å². The van der Waals surface area contributed by atoms with Crippen molar-refractivity contribution in [2.24, 2.45) is 0 Å². The number of benzene rings is 9. The van der Waals surface area contributed by atoms with Crippen LogP contribution in [0.1, 0.15) is 203 Å². The molecule has 0 bridgehead atoms. The molecule has 3 aliphatic heterocycles. The minimum atomic E-state index is -0.272. The van der Waals surface area contributed by atoms with E-state index in [1.54, 1.807) is 0 Å². The van der Waals surface area contributed by atoms with E-state index < -0.39 is 0 Å². The molecule has 0 aromatic heterocycles. The van der Waals surface area contributed by atoms with Crippen molar-refractivity contribution in [2.45, 2.75) is 208 Å². The van der Waals surface area contributed by atoms with Gasteiger partial charge in [-0.1, -0.05) is 241 Å². The molecule has 2 unspecified atom stereocenters. The van der Waals surface area contributed by atoms with Gasteiger partial charge in [0.05, 0.1) is 11.2 Å². The Hall–Kier alpha value is -7.76. The molecule has 13 rings (SSSR count). The highest BCUT2D eigenvalue weighted by atomic mass is 15.3. The predicted octanol–water partition coefficient (Wildman–Crippen LogP) is 22.4. The second-order valence-corrected chi connectivity index (χ2v) is 34.0. The molecule has 0 saturated heterocycles. The first kappa shape index (κ1) is 62.1. The molecular weight excluding hydrogens is 1100 g/mol. The van der Waals surface area contributed by atoms with Crippen LogP contribution in [0.4, 0.5) is 62.6 Å². The van der Waals surface area contributed by atoms with E-state index in [1.165, 1.54) is 130 Å². The summed E-state index contributed by atoms with van der Waals surface area (Å²) >= 11 is 0. The third-order valence-corrected chi connectivity index (χ3v) is 21.5. The Kier molecular flexibility index (Phi) is 14.6. The normalized spacial score (nSPS) is 18.2. The smallest absolute Gasteiger partial charge is 0.252 e. The molecule has 466 valence electrons. The van der Waals surface area contributed by atoms with E-state index in [-0.39, 0.29) is 50.2 Å². The fourth-order valence-corrected chi connectivity index (χ4v) is 15.7. The molecule has 91 heavy (non-hydrogen) atoms. The molecule has 5 heteroatoms. The van der Waals surface area contributed by atoms with E-state index in [4.69, 9.17) is 0 Å². The molecule has 1 aliphatic carbocycles. The molecule has 1 fully saturated rings. The minimum Gasteiger partial charge on any atom is -0.334 e. The summed E-state index contributed by atoms with van der Waals surface area (Å²) in [4.78, 5) is 10.7. The maximum Gasteiger partial charge on any atom is 0.252 e. The first-order valence-electron chi connectivity index (χ1n) is 34.0. The number of fused-ring (bicyclic) bond motifs is 7. The van der Waals surface area contributed by atoms with E-state index in [0.29, 0.717) is 0 Å². The van der Waals surface area contributed by atoms with Crippen molar-refractivity contribution in [1.29, 1.82) is 0 Å². The Labute approximate surface area is 547 Å². The van der Waals surface area contributed by atoms with Crippen molar-refractivity contribution in [1.82, 2.24) is 0 Å². The third kappa shape index (κ3) is 10.5. The molecule has 4 aliphatic rings. The maximum absolute atomic E-state index is 2.85. The van der Waals surface area contributed by atoms with E-state index in [0.717, 1.165) is 24.2 Å². The highest BCUT2D eigenvalue weighted by Crippen LogP contribution is 2.63. The average molecular weight is 1200 g/mol. The molecule has 9 aromatic rings. The van der Waals surface area contributed by atoms with Crippen molar-refractivity contribution < 1.29 is 0 Å². The summed E-state index contributed by atoms with van der Waals surface area (Å²) in [6.45, 7) is 47.3. The van der Waals surface area contributed by atoms with Crippen molar-refractivity contribution in [3.8, 4) is 11.1 Å². The first-order chi connectivity index (χ1) is 42.6. The number of hydrogen-bond acceptors (Lipinski definition) is 4. The number of rotatable bonds is 7. The van der Waals surface area contributed by atoms with Gasteiger partial charge in [0.25, 0.3) is 6.71 Å². The van der Waals surface area contributed by atoms with Crippen LogP contribution in [0.25, 0.3) is 11.1 Å². The second-order valence-electron chi connectivity index (χ2n) is 34.0. The van der Waals surface area contributed by atoms with Crippen molar-refractivity contribution >= 4 is 85.7 Å². The van der Waals surface area contributed by atoms with Crippen LogP contribution in [0.3, 0.4) is 0 Å². The van der Waals surface area contributed by atoms with Gasteiger partial charge in [-0.25, -0.2) is 0 Å². The maximum atomic E-state index is 2.85. The number of anilines is 11. The van der Waals surface area contributed by atoms with Crippen LogP contribution >= 0.6 is 0 Å². The summed E-state index contributed by atoms with van der Waals surface area (Å²) < 4.78 is 0. The predicted molar refractivity (Wildman–Crippen MR) is 396 cm³/mol. The Morgan fingerprint density at radius 1 is 0.352 bits per heavy atom. The van der Waals surface area contributed by atoms with Gasteiger partial charge in [-0.15, -0.1) is 0 Å². The topological polar surface area (TPSA) is 13.0 Å². The Balaban J connectivity index is 1.13.